The number of rotatable bonds is 12. The van der Waals surface area contributed by atoms with Gasteiger partial charge in [-0.2, -0.15) is 4.98 Å². The van der Waals surface area contributed by atoms with E-state index in [0.29, 0.717) is 54.0 Å². The molecular weight excluding hydrogens is 568 g/mol. The normalized spacial score (nSPS) is 13.3. The third-order valence-corrected chi connectivity index (χ3v) is 8.07. The Morgan fingerprint density at radius 1 is 0.889 bits per heavy atom. The summed E-state index contributed by atoms with van der Waals surface area (Å²) in [5, 5.41) is 11.4. The Kier molecular flexibility index (Phi) is 9.24. The first-order valence-corrected chi connectivity index (χ1v) is 15.6. The number of aromatic nitrogens is 3. The van der Waals surface area contributed by atoms with Crippen molar-refractivity contribution in [3.63, 3.8) is 0 Å². The number of carbonyl (C=O) groups excluding carboxylic acids is 1. The van der Waals surface area contributed by atoms with Crippen LogP contribution in [0.15, 0.2) is 81.8 Å². The van der Waals surface area contributed by atoms with E-state index in [2.05, 4.69) is 29.5 Å². The van der Waals surface area contributed by atoms with E-state index in [-0.39, 0.29) is 29.3 Å². The molecule has 0 bridgehead atoms. The van der Waals surface area contributed by atoms with Crippen LogP contribution in [-0.4, -0.2) is 27.7 Å². The second kappa shape index (κ2) is 13.8. The molecule has 1 amide bonds. The first-order valence-electron chi connectivity index (χ1n) is 15.6. The lowest BCUT2D eigenvalue weighted by molar-refractivity contribution is 0.0947. The maximum Gasteiger partial charge on any atom is 0.274 e. The second-order valence-electron chi connectivity index (χ2n) is 11.6. The van der Waals surface area contributed by atoms with E-state index in [1.807, 2.05) is 79.7 Å². The van der Waals surface area contributed by atoms with Gasteiger partial charge in [0.15, 0.2) is 11.5 Å². The Balaban J connectivity index is 1.47. The van der Waals surface area contributed by atoms with E-state index >= 15 is 0 Å². The van der Waals surface area contributed by atoms with Gasteiger partial charge in [0.05, 0.1) is 5.56 Å². The van der Waals surface area contributed by atoms with Crippen molar-refractivity contribution in [3.8, 4) is 34.2 Å². The summed E-state index contributed by atoms with van der Waals surface area (Å²) in [6.45, 7) is 7.20. The number of benzene rings is 3. The van der Waals surface area contributed by atoms with Crippen LogP contribution in [0.5, 0.6) is 11.5 Å². The molecule has 3 aromatic carbocycles. The van der Waals surface area contributed by atoms with Crippen LogP contribution in [0.4, 0.5) is 0 Å². The number of hydrogen-bond donors (Lipinski definition) is 1. The summed E-state index contributed by atoms with van der Waals surface area (Å²) >= 11 is 0. The maximum absolute atomic E-state index is 13.2. The Hall–Kier alpha value is -4.92. The first-order chi connectivity index (χ1) is 22.0. The summed E-state index contributed by atoms with van der Waals surface area (Å²) in [5.41, 5.74) is 4.09. The van der Waals surface area contributed by atoms with Crippen LogP contribution in [0, 0.1) is 0 Å². The van der Waals surface area contributed by atoms with Gasteiger partial charge in [0, 0.05) is 18.5 Å². The van der Waals surface area contributed by atoms with Gasteiger partial charge >= 0.3 is 0 Å². The van der Waals surface area contributed by atoms with Gasteiger partial charge in [-0.05, 0) is 48.4 Å². The predicted molar refractivity (Wildman–Crippen MR) is 170 cm³/mol. The van der Waals surface area contributed by atoms with Crippen molar-refractivity contribution in [1.29, 1.82) is 0 Å². The Morgan fingerprint density at radius 3 is 2.16 bits per heavy atom. The predicted octanol–water partition coefficient (Wildman–Crippen LogP) is 8.08. The van der Waals surface area contributed by atoms with Crippen molar-refractivity contribution < 1.29 is 23.3 Å². The van der Waals surface area contributed by atoms with E-state index in [1.54, 1.807) is 0 Å². The van der Waals surface area contributed by atoms with Crippen LogP contribution in [-0.2, 0) is 13.2 Å². The lowest BCUT2D eigenvalue weighted by Gasteiger charge is -2.19. The van der Waals surface area contributed by atoms with E-state index in [4.69, 9.17) is 23.5 Å². The van der Waals surface area contributed by atoms with E-state index in [0.717, 1.165) is 42.4 Å². The standard InChI is InChI=1S/C36H38N4O5/c1-4-37-35(41)32-31(34-38-36(45-40-34)26-17-11-12-18-26)33(44-39-32)28-19-27(23(2)3)29(42-21-24-13-7-5-8-14-24)20-30(28)43-22-25-15-9-6-10-16-25/h5-10,13-16,19-20,23,26H,4,11-12,17-18,21-22H2,1-3H3,(H,37,41). The van der Waals surface area contributed by atoms with Gasteiger partial charge in [-0.15, -0.1) is 0 Å². The smallest absolute Gasteiger partial charge is 0.274 e. The number of ether oxygens (including phenoxy) is 2. The molecular formula is C36H38N4O5. The molecule has 0 atom stereocenters. The van der Waals surface area contributed by atoms with E-state index in [1.165, 1.54) is 0 Å². The molecule has 232 valence electrons. The van der Waals surface area contributed by atoms with Crippen LogP contribution in [0.25, 0.3) is 22.7 Å². The highest BCUT2D eigenvalue weighted by molar-refractivity contribution is 6.01. The Labute approximate surface area is 262 Å². The number of carbonyl (C=O) groups is 1. The molecule has 45 heavy (non-hydrogen) atoms. The molecule has 1 aliphatic rings. The number of amides is 1. The zero-order chi connectivity index (χ0) is 31.2. The van der Waals surface area contributed by atoms with Gasteiger partial charge in [0.1, 0.15) is 30.3 Å². The molecule has 1 saturated carbocycles. The molecule has 6 rings (SSSR count). The molecule has 9 heteroatoms. The number of hydrogen-bond acceptors (Lipinski definition) is 8. The van der Waals surface area contributed by atoms with Gasteiger partial charge in [-0.1, -0.05) is 97.7 Å². The van der Waals surface area contributed by atoms with Crippen molar-refractivity contribution in [2.24, 2.45) is 0 Å². The second-order valence-corrected chi connectivity index (χ2v) is 11.6. The fourth-order valence-corrected chi connectivity index (χ4v) is 5.68. The van der Waals surface area contributed by atoms with Crippen molar-refractivity contribution in [2.45, 2.75) is 71.5 Å². The summed E-state index contributed by atoms with van der Waals surface area (Å²) in [6.07, 6.45) is 4.26. The van der Waals surface area contributed by atoms with Gasteiger partial charge in [-0.25, -0.2) is 0 Å². The molecule has 1 N–H and O–H groups in total. The van der Waals surface area contributed by atoms with Crippen LogP contribution < -0.4 is 14.8 Å². The number of nitrogens with one attached hydrogen (secondary N) is 1. The first kappa shape index (κ1) is 30.1. The van der Waals surface area contributed by atoms with Gasteiger partial charge in [-0.3, -0.25) is 4.79 Å². The highest BCUT2D eigenvalue weighted by Gasteiger charge is 2.32. The molecule has 1 aliphatic carbocycles. The summed E-state index contributed by atoms with van der Waals surface area (Å²) < 4.78 is 24.6. The third-order valence-electron chi connectivity index (χ3n) is 8.07. The van der Waals surface area contributed by atoms with Crippen LogP contribution in [0.3, 0.4) is 0 Å². The van der Waals surface area contributed by atoms with Crippen molar-refractivity contribution in [2.75, 3.05) is 6.54 Å². The van der Waals surface area contributed by atoms with Gasteiger partial charge in [0.25, 0.3) is 5.91 Å². The molecule has 1 fully saturated rings. The number of nitrogens with zero attached hydrogens (tertiary/aromatic N) is 3. The Bertz CT molecular complexity index is 1720. The molecule has 0 aliphatic heterocycles. The largest absolute Gasteiger partial charge is 0.488 e. The quantitative estimate of drug-likeness (QED) is 0.152. The van der Waals surface area contributed by atoms with Crippen LogP contribution in [0.1, 0.15) is 91.4 Å². The molecule has 0 unspecified atom stereocenters. The van der Waals surface area contributed by atoms with Crippen LogP contribution >= 0.6 is 0 Å². The molecule has 0 radical (unpaired) electrons. The molecule has 2 heterocycles. The van der Waals surface area contributed by atoms with Crippen molar-refractivity contribution in [1.82, 2.24) is 20.6 Å². The minimum Gasteiger partial charge on any atom is -0.488 e. The fourth-order valence-electron chi connectivity index (χ4n) is 5.68. The van der Waals surface area contributed by atoms with E-state index < -0.39 is 0 Å². The SMILES string of the molecule is CCNC(=O)c1noc(-c2cc(C(C)C)c(OCc3ccccc3)cc2OCc2ccccc2)c1-c1noc(C2CCCC2)n1. The lowest BCUT2D eigenvalue weighted by atomic mass is 9.96. The topological polar surface area (TPSA) is 113 Å². The third kappa shape index (κ3) is 6.77. The lowest BCUT2D eigenvalue weighted by Crippen LogP contribution is -2.23. The molecule has 2 aromatic heterocycles. The Morgan fingerprint density at radius 2 is 1.53 bits per heavy atom. The summed E-state index contributed by atoms with van der Waals surface area (Å²) in [5.74, 6) is 2.32. The summed E-state index contributed by atoms with van der Waals surface area (Å²) in [6, 6.07) is 23.9. The van der Waals surface area contributed by atoms with Gasteiger partial charge < -0.3 is 23.8 Å². The summed E-state index contributed by atoms with van der Waals surface area (Å²) in [7, 11) is 0. The highest BCUT2D eigenvalue weighted by atomic mass is 16.5. The fraction of sp³-hybridized carbons (Fsp3) is 0.333. The average Bonchev–Trinajstić information content (AvgIpc) is 3.85. The van der Waals surface area contributed by atoms with Crippen LogP contribution in [0.2, 0.25) is 0 Å². The zero-order valence-electron chi connectivity index (χ0n) is 25.9. The van der Waals surface area contributed by atoms with E-state index in [9.17, 15) is 4.79 Å². The summed E-state index contributed by atoms with van der Waals surface area (Å²) in [4.78, 5) is 18.0. The van der Waals surface area contributed by atoms with Gasteiger partial charge in [0.2, 0.25) is 11.7 Å². The van der Waals surface area contributed by atoms with Crippen molar-refractivity contribution in [3.05, 3.63) is 101 Å². The maximum atomic E-state index is 13.2. The minimum absolute atomic E-state index is 0.0927. The zero-order valence-corrected chi connectivity index (χ0v) is 25.9. The minimum atomic E-state index is -0.381. The monoisotopic (exact) mass is 606 g/mol. The highest BCUT2D eigenvalue weighted by Crippen LogP contribution is 2.44. The molecule has 5 aromatic rings. The molecule has 0 saturated heterocycles. The average molecular weight is 607 g/mol. The van der Waals surface area contributed by atoms with Crippen molar-refractivity contribution >= 4 is 5.91 Å². The molecule has 9 nitrogen and oxygen atoms in total. The molecule has 0 spiro atoms.